The van der Waals surface area contributed by atoms with Gasteiger partial charge in [-0.1, -0.05) is 0 Å². The Morgan fingerprint density at radius 2 is 2.20 bits per heavy atom. The number of benzene rings is 1. The Labute approximate surface area is 120 Å². The van der Waals surface area contributed by atoms with Crippen LogP contribution in [0.2, 0.25) is 0 Å². The van der Waals surface area contributed by atoms with Crippen LogP contribution in [0, 0.1) is 0 Å². The van der Waals surface area contributed by atoms with Crippen molar-refractivity contribution in [1.82, 2.24) is 5.32 Å². The number of hydrogen-bond acceptors (Lipinski definition) is 4. The summed E-state index contributed by atoms with van der Waals surface area (Å²) in [7, 11) is 1.70. The van der Waals surface area contributed by atoms with Crippen LogP contribution in [0.5, 0.6) is 11.5 Å². The molecular weight excluding hydrogens is 254 g/mol. The summed E-state index contributed by atoms with van der Waals surface area (Å²) in [6, 6.07) is 6.70. The van der Waals surface area contributed by atoms with Crippen molar-refractivity contribution in [3.05, 3.63) is 23.8 Å². The van der Waals surface area contributed by atoms with Crippen LogP contribution in [-0.4, -0.2) is 32.5 Å². The van der Waals surface area contributed by atoms with Gasteiger partial charge in [-0.2, -0.15) is 0 Å². The quantitative estimate of drug-likeness (QED) is 0.918. The Bertz CT molecular complexity index is 457. The molecule has 3 rings (SSSR count). The minimum atomic E-state index is 0.313. The second-order valence-electron chi connectivity index (χ2n) is 5.60. The summed E-state index contributed by atoms with van der Waals surface area (Å²) in [6.45, 7) is 3.87. The lowest BCUT2D eigenvalue weighted by atomic mass is 9.98. The van der Waals surface area contributed by atoms with Gasteiger partial charge in [-0.05, 0) is 38.0 Å². The summed E-state index contributed by atoms with van der Waals surface area (Å²) in [4.78, 5) is 0. The van der Waals surface area contributed by atoms with Crippen LogP contribution in [0.15, 0.2) is 18.2 Å². The first-order valence-electron chi connectivity index (χ1n) is 7.46. The topological polar surface area (TPSA) is 39.7 Å². The van der Waals surface area contributed by atoms with E-state index in [-0.39, 0.29) is 0 Å². The fraction of sp³-hybridized carbons (Fsp3) is 0.625. The SMILES string of the molecule is COc1ccc2c(c1)C(NC(C)C1CCCO1)CCO2. The van der Waals surface area contributed by atoms with Crippen LogP contribution in [0.4, 0.5) is 0 Å². The highest BCUT2D eigenvalue weighted by molar-refractivity contribution is 5.43. The van der Waals surface area contributed by atoms with Gasteiger partial charge in [-0.3, -0.25) is 0 Å². The molecule has 0 aliphatic carbocycles. The van der Waals surface area contributed by atoms with E-state index in [2.05, 4.69) is 18.3 Å². The van der Waals surface area contributed by atoms with Crippen LogP contribution in [-0.2, 0) is 4.74 Å². The zero-order valence-corrected chi connectivity index (χ0v) is 12.2. The maximum Gasteiger partial charge on any atom is 0.124 e. The first-order chi connectivity index (χ1) is 9.78. The zero-order valence-electron chi connectivity index (χ0n) is 12.2. The van der Waals surface area contributed by atoms with Gasteiger partial charge in [0.05, 0.1) is 19.8 Å². The lowest BCUT2D eigenvalue weighted by Crippen LogP contribution is -2.40. The van der Waals surface area contributed by atoms with Gasteiger partial charge in [0.1, 0.15) is 11.5 Å². The predicted octanol–water partition coefficient (Wildman–Crippen LogP) is 2.68. The molecule has 4 nitrogen and oxygen atoms in total. The Morgan fingerprint density at radius 3 is 2.95 bits per heavy atom. The van der Waals surface area contributed by atoms with Crippen molar-refractivity contribution in [3.63, 3.8) is 0 Å². The van der Waals surface area contributed by atoms with E-state index in [1.165, 1.54) is 12.0 Å². The molecule has 1 saturated heterocycles. The molecule has 0 aromatic heterocycles. The van der Waals surface area contributed by atoms with Crippen LogP contribution in [0.3, 0.4) is 0 Å². The number of methoxy groups -OCH3 is 1. The van der Waals surface area contributed by atoms with Crippen LogP contribution < -0.4 is 14.8 Å². The monoisotopic (exact) mass is 277 g/mol. The van der Waals surface area contributed by atoms with Gasteiger partial charge >= 0.3 is 0 Å². The molecule has 3 atom stereocenters. The average molecular weight is 277 g/mol. The van der Waals surface area contributed by atoms with E-state index in [0.29, 0.717) is 18.2 Å². The van der Waals surface area contributed by atoms with Gasteiger partial charge in [-0.25, -0.2) is 0 Å². The third-order valence-corrected chi connectivity index (χ3v) is 4.24. The van der Waals surface area contributed by atoms with Crippen molar-refractivity contribution in [2.75, 3.05) is 20.3 Å². The second kappa shape index (κ2) is 6.02. The Hall–Kier alpha value is -1.26. The van der Waals surface area contributed by atoms with E-state index in [1.807, 2.05) is 12.1 Å². The zero-order chi connectivity index (χ0) is 13.9. The van der Waals surface area contributed by atoms with E-state index in [0.717, 1.165) is 37.6 Å². The summed E-state index contributed by atoms with van der Waals surface area (Å²) in [5.74, 6) is 1.85. The molecule has 2 aliphatic rings. The van der Waals surface area contributed by atoms with E-state index < -0.39 is 0 Å². The van der Waals surface area contributed by atoms with E-state index >= 15 is 0 Å². The Kier molecular flexibility index (Phi) is 4.13. The predicted molar refractivity (Wildman–Crippen MR) is 77.4 cm³/mol. The molecule has 2 aliphatic heterocycles. The highest BCUT2D eigenvalue weighted by Crippen LogP contribution is 2.35. The van der Waals surface area contributed by atoms with Crippen molar-refractivity contribution in [1.29, 1.82) is 0 Å². The highest BCUT2D eigenvalue weighted by atomic mass is 16.5. The Morgan fingerprint density at radius 1 is 1.30 bits per heavy atom. The number of rotatable bonds is 4. The smallest absolute Gasteiger partial charge is 0.124 e. The number of nitrogens with one attached hydrogen (secondary N) is 1. The van der Waals surface area contributed by atoms with Gasteiger partial charge in [-0.15, -0.1) is 0 Å². The molecule has 1 aromatic carbocycles. The second-order valence-corrected chi connectivity index (χ2v) is 5.60. The van der Waals surface area contributed by atoms with Crippen LogP contribution in [0.1, 0.15) is 37.8 Å². The summed E-state index contributed by atoms with van der Waals surface area (Å²) >= 11 is 0. The highest BCUT2D eigenvalue weighted by Gasteiger charge is 2.28. The molecule has 0 bridgehead atoms. The number of fused-ring (bicyclic) bond motifs is 1. The lowest BCUT2D eigenvalue weighted by molar-refractivity contribution is 0.0768. The summed E-state index contributed by atoms with van der Waals surface area (Å²) in [6.07, 6.45) is 3.65. The van der Waals surface area contributed by atoms with Gasteiger partial charge in [0.15, 0.2) is 0 Å². The minimum absolute atomic E-state index is 0.313. The number of ether oxygens (including phenoxy) is 3. The molecule has 110 valence electrons. The third kappa shape index (κ3) is 2.76. The minimum Gasteiger partial charge on any atom is -0.497 e. The van der Waals surface area contributed by atoms with E-state index in [1.54, 1.807) is 7.11 Å². The maximum absolute atomic E-state index is 5.77. The largest absolute Gasteiger partial charge is 0.497 e. The van der Waals surface area contributed by atoms with Gasteiger partial charge in [0.25, 0.3) is 0 Å². The van der Waals surface area contributed by atoms with E-state index in [9.17, 15) is 0 Å². The summed E-state index contributed by atoms with van der Waals surface area (Å²) in [5.41, 5.74) is 1.19. The van der Waals surface area contributed by atoms with Crippen molar-refractivity contribution in [2.24, 2.45) is 0 Å². The third-order valence-electron chi connectivity index (χ3n) is 4.24. The summed E-state index contributed by atoms with van der Waals surface area (Å²) < 4.78 is 16.8. The molecule has 1 aromatic rings. The Balaban J connectivity index is 1.74. The normalized spacial score (nSPS) is 26.7. The molecular formula is C16H23NO3. The average Bonchev–Trinajstić information content (AvgIpc) is 3.01. The summed E-state index contributed by atoms with van der Waals surface area (Å²) in [5, 5.41) is 3.71. The molecule has 4 heteroatoms. The lowest BCUT2D eigenvalue weighted by Gasteiger charge is -2.31. The van der Waals surface area contributed by atoms with Gasteiger partial charge in [0, 0.05) is 30.7 Å². The standard InChI is InChI=1S/C16H23NO3/c1-11(15-4-3-8-19-15)17-14-7-9-20-16-6-5-12(18-2)10-13(14)16/h5-6,10-11,14-15,17H,3-4,7-9H2,1-2H3. The molecule has 0 radical (unpaired) electrons. The van der Waals surface area contributed by atoms with Crippen molar-refractivity contribution in [3.8, 4) is 11.5 Å². The number of hydrogen-bond donors (Lipinski definition) is 1. The molecule has 0 saturated carbocycles. The molecule has 1 N–H and O–H groups in total. The van der Waals surface area contributed by atoms with E-state index in [4.69, 9.17) is 14.2 Å². The molecule has 0 spiro atoms. The molecule has 2 heterocycles. The fourth-order valence-corrected chi connectivity index (χ4v) is 3.09. The molecule has 0 amide bonds. The molecule has 1 fully saturated rings. The van der Waals surface area contributed by atoms with Crippen molar-refractivity contribution < 1.29 is 14.2 Å². The van der Waals surface area contributed by atoms with Crippen molar-refractivity contribution in [2.45, 2.75) is 44.4 Å². The van der Waals surface area contributed by atoms with Crippen LogP contribution >= 0.6 is 0 Å². The molecule has 3 unspecified atom stereocenters. The van der Waals surface area contributed by atoms with Crippen LogP contribution in [0.25, 0.3) is 0 Å². The van der Waals surface area contributed by atoms with Gasteiger partial charge < -0.3 is 19.5 Å². The van der Waals surface area contributed by atoms with Crippen molar-refractivity contribution >= 4 is 0 Å². The van der Waals surface area contributed by atoms with Gasteiger partial charge in [0.2, 0.25) is 0 Å². The molecule has 20 heavy (non-hydrogen) atoms. The first kappa shape index (κ1) is 13.7. The maximum atomic E-state index is 5.77. The first-order valence-corrected chi connectivity index (χ1v) is 7.46. The fourth-order valence-electron chi connectivity index (χ4n) is 3.09.